The summed E-state index contributed by atoms with van der Waals surface area (Å²) in [5.74, 6) is -2.27. The highest BCUT2D eigenvalue weighted by atomic mass is 16.5. The number of hydrogen-bond donors (Lipinski definition) is 4. The van der Waals surface area contributed by atoms with Gasteiger partial charge in [0.25, 0.3) is 0 Å². The van der Waals surface area contributed by atoms with Gasteiger partial charge in [-0.05, 0) is 63.1 Å². The maximum absolute atomic E-state index is 14.3. The highest BCUT2D eigenvalue weighted by Gasteiger charge is 2.62. The normalized spacial score (nSPS) is 23.2. The van der Waals surface area contributed by atoms with Crippen LogP contribution in [-0.2, 0) is 33.4 Å². The third-order valence-electron chi connectivity index (χ3n) is 12.2. The second-order valence-electron chi connectivity index (χ2n) is 16.7. The van der Waals surface area contributed by atoms with Crippen molar-refractivity contribution in [3.05, 3.63) is 35.9 Å². The fraction of sp³-hybridized carbons (Fsp3) is 0.744. The standard InChI is InChI=1S/C43H72N6O7/c1-13-22-45-42(54)43(25-31(43)30-19-16-15-17-20-30)47-39(51)29(8)38(56-12)32-21-18-23-49(32)34(50)24-33(55-11)37(28(7)14-2)48(10)36(27(5)6)41(53)46-40(52)35(44-9)26(3)4/h15-17,19-20,26-29,31-33,35-38,44H,13-14,18,21-25H2,1-12H3,(H,45,54)(H,47,51)(H,46,52,53)/t28-,29+,31+,32-,33+,35-,36-,37-,38+,43-/m0/s1. The van der Waals surface area contributed by atoms with Gasteiger partial charge in [0.1, 0.15) is 5.54 Å². The average Bonchev–Trinajstić information content (AvgIpc) is 3.69. The first-order chi connectivity index (χ1) is 26.5. The molecule has 1 aromatic rings. The molecular formula is C43H72N6O7. The zero-order valence-electron chi connectivity index (χ0n) is 36.1. The summed E-state index contributed by atoms with van der Waals surface area (Å²) >= 11 is 0. The lowest BCUT2D eigenvalue weighted by molar-refractivity contribution is -0.144. The van der Waals surface area contributed by atoms with Crippen LogP contribution in [0, 0.1) is 23.7 Å². The van der Waals surface area contributed by atoms with E-state index in [0.29, 0.717) is 25.9 Å². The molecule has 3 rings (SSSR count). The van der Waals surface area contributed by atoms with E-state index in [0.717, 1.165) is 24.8 Å². The van der Waals surface area contributed by atoms with Crippen LogP contribution in [0.4, 0.5) is 0 Å². The summed E-state index contributed by atoms with van der Waals surface area (Å²) < 4.78 is 12.1. The highest BCUT2D eigenvalue weighted by Crippen LogP contribution is 2.52. The molecular weight excluding hydrogens is 713 g/mol. The number of amides is 5. The van der Waals surface area contributed by atoms with Gasteiger partial charge in [0.15, 0.2) is 0 Å². The van der Waals surface area contributed by atoms with Crippen LogP contribution in [0.1, 0.15) is 105 Å². The Morgan fingerprint density at radius 1 is 0.929 bits per heavy atom. The Bertz CT molecular complexity index is 1460. The van der Waals surface area contributed by atoms with Crippen molar-refractivity contribution in [3.63, 3.8) is 0 Å². The van der Waals surface area contributed by atoms with Crippen molar-refractivity contribution in [1.82, 2.24) is 31.1 Å². The topological polar surface area (TPSA) is 158 Å². The van der Waals surface area contributed by atoms with E-state index in [2.05, 4.69) is 35.1 Å². The molecule has 2 aliphatic rings. The van der Waals surface area contributed by atoms with Gasteiger partial charge in [-0.3, -0.25) is 34.2 Å². The minimum absolute atomic E-state index is 0.0110. The molecule has 56 heavy (non-hydrogen) atoms. The van der Waals surface area contributed by atoms with Gasteiger partial charge in [0.05, 0.1) is 42.7 Å². The zero-order valence-corrected chi connectivity index (χ0v) is 36.1. The van der Waals surface area contributed by atoms with E-state index >= 15 is 0 Å². The number of nitrogens with one attached hydrogen (secondary N) is 4. The molecule has 0 unspecified atom stereocenters. The highest BCUT2D eigenvalue weighted by molar-refractivity contribution is 6.00. The zero-order chi connectivity index (χ0) is 41.9. The molecule has 1 saturated heterocycles. The van der Waals surface area contributed by atoms with Gasteiger partial charge in [-0.25, -0.2) is 0 Å². The summed E-state index contributed by atoms with van der Waals surface area (Å²) in [5.41, 5.74) is -0.0471. The molecule has 1 heterocycles. The van der Waals surface area contributed by atoms with Crippen LogP contribution >= 0.6 is 0 Å². The largest absolute Gasteiger partial charge is 0.379 e. The Hall–Kier alpha value is -3.39. The number of nitrogens with zero attached hydrogens (tertiary/aromatic N) is 2. The molecule has 1 aliphatic carbocycles. The molecule has 2 fully saturated rings. The average molecular weight is 785 g/mol. The number of hydrogen-bond acceptors (Lipinski definition) is 9. The van der Waals surface area contributed by atoms with Crippen LogP contribution in [0.3, 0.4) is 0 Å². The molecule has 316 valence electrons. The summed E-state index contributed by atoms with van der Waals surface area (Å²) in [7, 11) is 6.73. The molecule has 5 amide bonds. The second kappa shape index (κ2) is 21.4. The fourth-order valence-corrected chi connectivity index (χ4v) is 8.90. The predicted molar refractivity (Wildman–Crippen MR) is 219 cm³/mol. The lowest BCUT2D eigenvalue weighted by atomic mass is 9.87. The number of rotatable bonds is 22. The van der Waals surface area contributed by atoms with E-state index in [4.69, 9.17) is 9.47 Å². The van der Waals surface area contributed by atoms with Gasteiger partial charge < -0.3 is 30.3 Å². The van der Waals surface area contributed by atoms with Gasteiger partial charge in [-0.15, -0.1) is 0 Å². The molecule has 1 aromatic carbocycles. The summed E-state index contributed by atoms with van der Waals surface area (Å²) in [5, 5.41) is 11.8. The first-order valence-electron chi connectivity index (χ1n) is 20.8. The van der Waals surface area contributed by atoms with Gasteiger partial charge >= 0.3 is 0 Å². The van der Waals surface area contributed by atoms with Crippen LogP contribution in [0.15, 0.2) is 30.3 Å². The van der Waals surface area contributed by atoms with Crippen LogP contribution in [0.5, 0.6) is 0 Å². The molecule has 0 aromatic heterocycles. The lowest BCUT2D eigenvalue weighted by Gasteiger charge is -2.43. The predicted octanol–water partition coefficient (Wildman–Crippen LogP) is 3.86. The summed E-state index contributed by atoms with van der Waals surface area (Å²) in [4.78, 5) is 72.6. The minimum Gasteiger partial charge on any atom is -0.379 e. The quantitative estimate of drug-likeness (QED) is 0.137. The van der Waals surface area contributed by atoms with E-state index < -0.39 is 35.7 Å². The van der Waals surface area contributed by atoms with E-state index in [1.165, 1.54) is 0 Å². The molecule has 0 spiro atoms. The number of carbonyl (C=O) groups is 5. The van der Waals surface area contributed by atoms with Crippen LogP contribution in [-0.4, -0.2) is 123 Å². The second-order valence-corrected chi connectivity index (χ2v) is 16.7. The van der Waals surface area contributed by atoms with Crippen molar-refractivity contribution in [1.29, 1.82) is 0 Å². The maximum atomic E-state index is 14.3. The van der Waals surface area contributed by atoms with Gasteiger partial charge in [-0.1, -0.05) is 92.1 Å². The van der Waals surface area contributed by atoms with Gasteiger partial charge in [0, 0.05) is 39.3 Å². The molecule has 13 nitrogen and oxygen atoms in total. The molecule has 1 aliphatic heterocycles. The Balaban J connectivity index is 1.81. The molecule has 13 heteroatoms. The van der Waals surface area contributed by atoms with Crippen molar-refractivity contribution in [2.75, 3.05) is 41.4 Å². The summed E-state index contributed by atoms with van der Waals surface area (Å²) in [6.07, 6.45) is 2.36. The van der Waals surface area contributed by atoms with E-state index in [1.807, 2.05) is 81.8 Å². The van der Waals surface area contributed by atoms with Crippen molar-refractivity contribution in [3.8, 4) is 0 Å². The fourth-order valence-electron chi connectivity index (χ4n) is 8.90. The van der Waals surface area contributed by atoms with Crippen LogP contribution < -0.4 is 21.3 Å². The Morgan fingerprint density at radius 2 is 1.59 bits per heavy atom. The van der Waals surface area contributed by atoms with Crippen LogP contribution in [0.25, 0.3) is 0 Å². The number of benzene rings is 1. The van der Waals surface area contributed by atoms with E-state index in [1.54, 1.807) is 28.2 Å². The van der Waals surface area contributed by atoms with Crippen molar-refractivity contribution >= 4 is 29.5 Å². The molecule has 0 bridgehead atoms. The van der Waals surface area contributed by atoms with Crippen molar-refractivity contribution < 1.29 is 33.4 Å². The van der Waals surface area contributed by atoms with Crippen molar-refractivity contribution in [2.24, 2.45) is 23.7 Å². The maximum Gasteiger partial charge on any atom is 0.246 e. The number of carbonyl (C=O) groups excluding carboxylic acids is 5. The van der Waals surface area contributed by atoms with Gasteiger partial charge in [0.2, 0.25) is 29.5 Å². The van der Waals surface area contributed by atoms with Gasteiger partial charge in [-0.2, -0.15) is 0 Å². The Kier molecular flexibility index (Phi) is 17.9. The molecule has 4 N–H and O–H groups in total. The third kappa shape index (κ3) is 11.0. The molecule has 10 atom stereocenters. The molecule has 1 saturated carbocycles. The monoisotopic (exact) mass is 785 g/mol. The van der Waals surface area contributed by atoms with Crippen LogP contribution in [0.2, 0.25) is 0 Å². The number of likely N-dealkylation sites (N-methyl/N-ethyl adjacent to an activating group) is 2. The first kappa shape index (κ1) is 47.0. The van der Waals surface area contributed by atoms with E-state index in [9.17, 15) is 24.0 Å². The number of methoxy groups -OCH3 is 2. The Labute approximate surface area is 336 Å². The molecule has 0 radical (unpaired) electrons. The lowest BCUT2D eigenvalue weighted by Crippen LogP contribution is -2.60. The Morgan fingerprint density at radius 3 is 2.12 bits per heavy atom. The third-order valence-corrected chi connectivity index (χ3v) is 12.2. The first-order valence-corrected chi connectivity index (χ1v) is 20.8. The summed E-state index contributed by atoms with van der Waals surface area (Å²) in [6, 6.07) is 7.90. The SMILES string of the molecule is CCCNC(=O)[C@]1(NC(=O)[C@H](C)[C@@H](OC)[C@@H]2CCCN2C(=O)C[C@@H](OC)[C@H]([C@@H](C)CC)N(C)[C@H](C(=O)NC(=O)[C@@H](NC)C(C)C)C(C)C)C[C@@H]1c1ccccc1. The minimum atomic E-state index is -1.05. The summed E-state index contributed by atoms with van der Waals surface area (Å²) in [6.45, 7) is 16.7. The van der Waals surface area contributed by atoms with Crippen molar-refractivity contribution in [2.45, 2.75) is 142 Å². The van der Waals surface area contributed by atoms with E-state index in [-0.39, 0.29) is 71.7 Å². The smallest absolute Gasteiger partial charge is 0.246 e. The number of ether oxygens (including phenoxy) is 2. The number of imide groups is 1. The number of likely N-dealkylation sites (tertiary alicyclic amines) is 1.